The molecule has 3 amide bonds. The van der Waals surface area contributed by atoms with Crippen LogP contribution in [0.25, 0.3) is 5.65 Å². The zero-order valence-corrected chi connectivity index (χ0v) is 19.5. The summed E-state index contributed by atoms with van der Waals surface area (Å²) < 4.78 is 1.71. The van der Waals surface area contributed by atoms with E-state index in [4.69, 9.17) is 5.11 Å². The van der Waals surface area contributed by atoms with Crippen LogP contribution in [-0.4, -0.2) is 58.5 Å². The number of urea groups is 1. The molecule has 0 bridgehead atoms. The molecule has 0 aliphatic rings. The van der Waals surface area contributed by atoms with E-state index in [0.29, 0.717) is 47.9 Å². The summed E-state index contributed by atoms with van der Waals surface area (Å²) in [6.07, 6.45) is 3.36. The molecule has 2 heterocycles. The fraction of sp³-hybridized carbons (Fsp3) is 0.333. The molecule has 10 nitrogen and oxygen atoms in total. The SMILES string of the molecule is CC(C)(C)C(=O)c1cn2cc(NC(=O)c3ccc(NC(=O)NCCNCCO)cc3)ccc2n1. The van der Waals surface area contributed by atoms with Gasteiger partial charge in [-0.25, -0.2) is 9.78 Å². The minimum Gasteiger partial charge on any atom is -0.395 e. The number of anilines is 2. The highest BCUT2D eigenvalue weighted by atomic mass is 16.3. The van der Waals surface area contributed by atoms with E-state index >= 15 is 0 Å². The van der Waals surface area contributed by atoms with Crippen LogP contribution >= 0.6 is 0 Å². The van der Waals surface area contributed by atoms with Crippen LogP contribution in [0.5, 0.6) is 0 Å². The van der Waals surface area contributed by atoms with Crippen molar-refractivity contribution in [2.45, 2.75) is 20.8 Å². The Bertz CT molecular complexity index is 1160. The summed E-state index contributed by atoms with van der Waals surface area (Å²) in [6, 6.07) is 9.61. The van der Waals surface area contributed by atoms with Crippen molar-refractivity contribution in [3.8, 4) is 0 Å². The highest BCUT2D eigenvalue weighted by Gasteiger charge is 2.25. The van der Waals surface area contributed by atoms with Crippen LogP contribution < -0.4 is 21.3 Å². The van der Waals surface area contributed by atoms with Gasteiger partial charge in [0.1, 0.15) is 11.3 Å². The molecule has 3 rings (SSSR count). The number of aromatic nitrogens is 2. The van der Waals surface area contributed by atoms with E-state index in [9.17, 15) is 14.4 Å². The molecule has 0 aliphatic carbocycles. The van der Waals surface area contributed by atoms with Crippen LogP contribution in [-0.2, 0) is 0 Å². The second-order valence-corrected chi connectivity index (χ2v) is 8.77. The van der Waals surface area contributed by atoms with E-state index in [-0.39, 0.29) is 24.3 Å². The lowest BCUT2D eigenvalue weighted by molar-refractivity contribution is 0.0853. The Kier molecular flexibility index (Phi) is 7.98. The smallest absolute Gasteiger partial charge is 0.319 e. The van der Waals surface area contributed by atoms with Crippen molar-refractivity contribution in [3.63, 3.8) is 0 Å². The quantitative estimate of drug-likeness (QED) is 0.243. The molecular weight excluding hydrogens is 436 g/mol. The molecule has 0 radical (unpaired) electrons. The van der Waals surface area contributed by atoms with Gasteiger partial charge < -0.3 is 30.8 Å². The fourth-order valence-electron chi connectivity index (χ4n) is 3.11. The summed E-state index contributed by atoms with van der Waals surface area (Å²) in [6.45, 7) is 7.01. The molecule has 0 unspecified atom stereocenters. The predicted octanol–water partition coefficient (Wildman–Crippen LogP) is 2.52. The summed E-state index contributed by atoms with van der Waals surface area (Å²) in [5, 5.41) is 19.9. The number of nitrogens with zero attached hydrogens (tertiary/aromatic N) is 2. The molecular formula is C24H30N6O4. The molecule has 10 heteroatoms. The molecule has 0 aliphatic heterocycles. The first-order valence-electron chi connectivity index (χ1n) is 11.0. The minimum absolute atomic E-state index is 0.0453. The number of hydrogen-bond donors (Lipinski definition) is 5. The largest absolute Gasteiger partial charge is 0.395 e. The van der Waals surface area contributed by atoms with E-state index in [2.05, 4.69) is 26.3 Å². The summed E-state index contributed by atoms with van der Waals surface area (Å²) in [7, 11) is 0. The van der Waals surface area contributed by atoms with Crippen molar-refractivity contribution in [2.75, 3.05) is 36.9 Å². The van der Waals surface area contributed by atoms with Gasteiger partial charge >= 0.3 is 6.03 Å². The second kappa shape index (κ2) is 10.9. The molecule has 0 atom stereocenters. The zero-order chi connectivity index (χ0) is 24.7. The van der Waals surface area contributed by atoms with Crippen molar-refractivity contribution < 1.29 is 19.5 Å². The van der Waals surface area contributed by atoms with Crippen LogP contribution in [0.3, 0.4) is 0 Å². The normalized spacial score (nSPS) is 11.3. The highest BCUT2D eigenvalue weighted by Crippen LogP contribution is 2.21. The summed E-state index contributed by atoms with van der Waals surface area (Å²) >= 11 is 0. The van der Waals surface area contributed by atoms with E-state index in [1.807, 2.05) is 20.8 Å². The first kappa shape index (κ1) is 24.9. The van der Waals surface area contributed by atoms with Gasteiger partial charge in [0.2, 0.25) is 0 Å². The number of imidazole rings is 1. The van der Waals surface area contributed by atoms with Gasteiger partial charge in [-0.15, -0.1) is 0 Å². The molecule has 0 fully saturated rings. The standard InChI is InChI=1S/C24H30N6O4/c1-24(2,3)21(32)19-15-30-14-18(8-9-20(30)29-19)27-22(33)16-4-6-17(7-5-16)28-23(34)26-11-10-25-12-13-31/h4-9,14-15,25,31H,10-13H2,1-3H3,(H,27,33)(H2,26,28,34). The van der Waals surface area contributed by atoms with Gasteiger partial charge in [-0.1, -0.05) is 20.8 Å². The lowest BCUT2D eigenvalue weighted by Crippen LogP contribution is -2.35. The molecule has 3 aromatic rings. The van der Waals surface area contributed by atoms with Crippen molar-refractivity contribution in [2.24, 2.45) is 5.41 Å². The number of rotatable bonds is 9. The maximum absolute atomic E-state index is 12.6. The first-order valence-corrected chi connectivity index (χ1v) is 11.0. The lowest BCUT2D eigenvalue weighted by Gasteiger charge is -2.13. The Labute approximate surface area is 197 Å². The third kappa shape index (κ3) is 6.63. The summed E-state index contributed by atoms with van der Waals surface area (Å²) in [4.78, 5) is 41.4. The molecule has 34 heavy (non-hydrogen) atoms. The average molecular weight is 467 g/mol. The number of aliphatic hydroxyl groups is 1. The van der Waals surface area contributed by atoms with E-state index in [1.54, 1.807) is 53.2 Å². The van der Waals surface area contributed by atoms with Crippen molar-refractivity contribution in [1.82, 2.24) is 20.0 Å². The van der Waals surface area contributed by atoms with E-state index in [1.165, 1.54) is 0 Å². The van der Waals surface area contributed by atoms with Crippen LogP contribution in [0.2, 0.25) is 0 Å². The Morgan fingerprint density at radius 3 is 2.29 bits per heavy atom. The maximum atomic E-state index is 12.6. The number of ketones is 1. The predicted molar refractivity (Wildman–Crippen MR) is 130 cm³/mol. The molecule has 180 valence electrons. The number of aliphatic hydroxyl groups excluding tert-OH is 1. The summed E-state index contributed by atoms with van der Waals surface area (Å²) in [5.74, 6) is -0.362. The Balaban J connectivity index is 1.58. The van der Waals surface area contributed by atoms with E-state index in [0.717, 1.165) is 0 Å². The number of benzene rings is 1. The van der Waals surface area contributed by atoms with Crippen molar-refractivity contribution in [1.29, 1.82) is 0 Å². The monoisotopic (exact) mass is 466 g/mol. The fourth-order valence-corrected chi connectivity index (χ4v) is 3.11. The van der Waals surface area contributed by atoms with Gasteiger partial charge in [0, 0.05) is 48.7 Å². The van der Waals surface area contributed by atoms with Gasteiger partial charge in [-0.05, 0) is 36.4 Å². The minimum atomic E-state index is -0.534. The molecule has 0 spiro atoms. The summed E-state index contributed by atoms with van der Waals surface area (Å²) in [5.41, 5.74) is 1.99. The van der Waals surface area contributed by atoms with Crippen LogP contribution in [0, 0.1) is 5.41 Å². The number of carbonyl (C=O) groups is 3. The number of fused-ring (bicyclic) bond motifs is 1. The number of nitrogens with one attached hydrogen (secondary N) is 4. The number of amides is 3. The topological polar surface area (TPSA) is 137 Å². The Morgan fingerprint density at radius 2 is 1.62 bits per heavy atom. The molecule has 2 aromatic heterocycles. The molecule has 0 saturated heterocycles. The van der Waals surface area contributed by atoms with Gasteiger partial charge in [-0.2, -0.15) is 0 Å². The van der Waals surface area contributed by atoms with Gasteiger partial charge in [-0.3, -0.25) is 9.59 Å². The van der Waals surface area contributed by atoms with Crippen LogP contribution in [0.1, 0.15) is 41.6 Å². The Hall–Kier alpha value is -3.76. The van der Waals surface area contributed by atoms with Gasteiger partial charge in [0.25, 0.3) is 5.91 Å². The third-order valence-corrected chi connectivity index (χ3v) is 4.90. The Morgan fingerprint density at radius 1 is 0.912 bits per heavy atom. The number of carbonyl (C=O) groups excluding carboxylic acids is 3. The van der Waals surface area contributed by atoms with Crippen molar-refractivity contribution >= 4 is 34.7 Å². The molecule has 0 saturated carbocycles. The highest BCUT2D eigenvalue weighted by molar-refractivity contribution is 6.04. The van der Waals surface area contributed by atoms with Gasteiger partial charge in [0.05, 0.1) is 12.3 Å². The molecule has 1 aromatic carbocycles. The average Bonchev–Trinajstić information content (AvgIpc) is 3.21. The number of pyridine rings is 1. The second-order valence-electron chi connectivity index (χ2n) is 8.77. The first-order chi connectivity index (χ1) is 16.2. The number of hydrogen-bond acceptors (Lipinski definition) is 6. The third-order valence-electron chi connectivity index (χ3n) is 4.90. The zero-order valence-electron chi connectivity index (χ0n) is 19.5. The maximum Gasteiger partial charge on any atom is 0.319 e. The number of Topliss-reactive ketones (excluding diaryl/α,β-unsaturated/α-hetero) is 1. The van der Waals surface area contributed by atoms with Crippen LogP contribution in [0.15, 0.2) is 48.8 Å². The van der Waals surface area contributed by atoms with E-state index < -0.39 is 5.41 Å². The van der Waals surface area contributed by atoms with Crippen LogP contribution in [0.4, 0.5) is 16.2 Å². The lowest BCUT2D eigenvalue weighted by atomic mass is 9.89. The van der Waals surface area contributed by atoms with Gasteiger partial charge in [0.15, 0.2) is 5.78 Å². The van der Waals surface area contributed by atoms with Crippen molar-refractivity contribution in [3.05, 3.63) is 60.0 Å². The molecule has 5 N–H and O–H groups in total.